The summed E-state index contributed by atoms with van der Waals surface area (Å²) in [6.45, 7) is 0. The van der Waals surface area contributed by atoms with Crippen molar-refractivity contribution < 1.29 is 26.0 Å². The van der Waals surface area contributed by atoms with E-state index < -0.39 is 37.6 Å². The Morgan fingerprint density at radius 2 is 1.87 bits per heavy atom. The molecule has 0 bridgehead atoms. The van der Waals surface area contributed by atoms with Gasteiger partial charge in [-0.3, -0.25) is 4.72 Å². The standard InChI is InChI=1S/C13H10ClF2NO4S2/c14-9-2-1-8(7-22(18)19)12(5-9)17-23(20,21)13-4-3-10(15)6-11(13)16/h1-6,17H,7H2,(H,18,19). The summed E-state index contributed by atoms with van der Waals surface area (Å²) in [6.07, 6.45) is 0. The molecule has 0 aromatic heterocycles. The largest absolute Gasteiger partial charge is 0.306 e. The zero-order chi connectivity index (χ0) is 17.2. The molecule has 2 aromatic rings. The predicted octanol–water partition coefficient (Wildman–Crippen LogP) is 3.14. The Labute approximate surface area is 138 Å². The molecule has 10 heteroatoms. The first-order valence-electron chi connectivity index (χ1n) is 6.03. The molecule has 0 saturated carbocycles. The lowest BCUT2D eigenvalue weighted by Crippen LogP contribution is -2.16. The van der Waals surface area contributed by atoms with Gasteiger partial charge in [-0.15, -0.1) is 0 Å². The molecule has 1 unspecified atom stereocenters. The Bertz CT molecular complexity index is 874. The van der Waals surface area contributed by atoms with E-state index in [1.54, 1.807) is 0 Å². The lowest BCUT2D eigenvalue weighted by atomic mass is 10.2. The van der Waals surface area contributed by atoms with Crippen LogP contribution >= 0.6 is 11.6 Å². The third kappa shape index (κ3) is 4.47. The van der Waals surface area contributed by atoms with Crippen LogP contribution in [0.1, 0.15) is 5.56 Å². The van der Waals surface area contributed by atoms with E-state index in [0.717, 1.165) is 12.1 Å². The van der Waals surface area contributed by atoms with Crippen LogP contribution in [-0.4, -0.2) is 17.2 Å². The molecule has 0 fully saturated rings. The second kappa shape index (κ2) is 6.91. The molecule has 0 amide bonds. The summed E-state index contributed by atoms with van der Waals surface area (Å²) in [6, 6.07) is 6.04. The number of rotatable bonds is 5. The number of sulfonamides is 1. The topological polar surface area (TPSA) is 83.5 Å². The highest BCUT2D eigenvalue weighted by Gasteiger charge is 2.21. The molecule has 2 N–H and O–H groups in total. The maximum absolute atomic E-state index is 13.7. The van der Waals surface area contributed by atoms with Crippen LogP contribution < -0.4 is 4.72 Å². The highest BCUT2D eigenvalue weighted by atomic mass is 35.5. The van der Waals surface area contributed by atoms with Gasteiger partial charge < -0.3 is 4.55 Å². The van der Waals surface area contributed by atoms with E-state index in [2.05, 4.69) is 4.72 Å². The summed E-state index contributed by atoms with van der Waals surface area (Å²) < 4.78 is 73.0. The third-order valence-electron chi connectivity index (χ3n) is 2.78. The van der Waals surface area contributed by atoms with E-state index in [-0.39, 0.29) is 22.0 Å². The minimum atomic E-state index is -4.37. The van der Waals surface area contributed by atoms with Crippen LogP contribution in [0.5, 0.6) is 0 Å². The van der Waals surface area contributed by atoms with E-state index in [4.69, 9.17) is 16.2 Å². The smallest absolute Gasteiger partial charge is 0.264 e. The van der Waals surface area contributed by atoms with Gasteiger partial charge in [0.2, 0.25) is 0 Å². The summed E-state index contributed by atoms with van der Waals surface area (Å²) in [7, 11) is -4.37. The molecule has 2 aromatic carbocycles. The number of halogens is 3. The molecule has 0 aliphatic carbocycles. The molecule has 124 valence electrons. The second-order valence-corrected chi connectivity index (χ2v) is 7.47. The van der Waals surface area contributed by atoms with Gasteiger partial charge in [0, 0.05) is 11.1 Å². The maximum atomic E-state index is 13.7. The molecule has 0 radical (unpaired) electrons. The van der Waals surface area contributed by atoms with Gasteiger partial charge in [0.15, 0.2) is 11.1 Å². The summed E-state index contributed by atoms with van der Waals surface area (Å²) >= 11 is 3.57. The Balaban J connectivity index is 2.44. The molecule has 2 rings (SSSR count). The fourth-order valence-corrected chi connectivity index (χ4v) is 3.64. The average molecular weight is 382 g/mol. The van der Waals surface area contributed by atoms with Gasteiger partial charge in [-0.05, 0) is 29.8 Å². The number of hydrogen-bond acceptors (Lipinski definition) is 3. The Hall–Kier alpha value is -1.55. The van der Waals surface area contributed by atoms with Crippen LogP contribution in [0.25, 0.3) is 0 Å². The third-order valence-corrected chi connectivity index (χ3v) is 4.97. The molecule has 0 aliphatic heterocycles. The van der Waals surface area contributed by atoms with Crippen molar-refractivity contribution in [2.24, 2.45) is 0 Å². The van der Waals surface area contributed by atoms with Gasteiger partial charge in [-0.2, -0.15) is 0 Å². The summed E-state index contributed by atoms with van der Waals surface area (Å²) in [5, 5.41) is 0.176. The van der Waals surface area contributed by atoms with Gasteiger partial charge in [0.25, 0.3) is 10.0 Å². The van der Waals surface area contributed by atoms with Crippen molar-refractivity contribution in [2.45, 2.75) is 10.6 Å². The number of hydrogen-bond donors (Lipinski definition) is 2. The van der Waals surface area contributed by atoms with Crippen molar-refractivity contribution in [3.63, 3.8) is 0 Å². The molecule has 23 heavy (non-hydrogen) atoms. The Morgan fingerprint density at radius 3 is 2.48 bits per heavy atom. The predicted molar refractivity (Wildman–Crippen MR) is 83.1 cm³/mol. The van der Waals surface area contributed by atoms with Gasteiger partial charge in [0.05, 0.1) is 11.4 Å². The van der Waals surface area contributed by atoms with Crippen LogP contribution in [0.2, 0.25) is 5.02 Å². The van der Waals surface area contributed by atoms with Crippen LogP contribution in [0.3, 0.4) is 0 Å². The number of nitrogens with one attached hydrogen (secondary N) is 1. The van der Waals surface area contributed by atoms with Crippen LogP contribution in [0, 0.1) is 11.6 Å². The molecule has 5 nitrogen and oxygen atoms in total. The van der Waals surface area contributed by atoms with E-state index in [9.17, 15) is 21.4 Å². The lowest BCUT2D eigenvalue weighted by molar-refractivity contribution is 0.550. The van der Waals surface area contributed by atoms with Crippen LogP contribution in [-0.2, 0) is 26.9 Å². The van der Waals surface area contributed by atoms with Crippen molar-refractivity contribution >= 4 is 38.4 Å². The monoisotopic (exact) mass is 381 g/mol. The van der Waals surface area contributed by atoms with E-state index in [1.807, 2.05) is 0 Å². The molecule has 0 heterocycles. The summed E-state index contributed by atoms with van der Waals surface area (Å²) in [4.78, 5) is -0.755. The zero-order valence-electron chi connectivity index (χ0n) is 11.3. The van der Waals surface area contributed by atoms with E-state index in [0.29, 0.717) is 6.07 Å². The van der Waals surface area contributed by atoms with E-state index >= 15 is 0 Å². The SMILES string of the molecule is O=S(O)Cc1ccc(Cl)cc1NS(=O)(=O)c1ccc(F)cc1F. The van der Waals surface area contributed by atoms with Gasteiger partial charge in [-0.1, -0.05) is 17.7 Å². The minimum absolute atomic E-state index is 0.0661. The van der Waals surface area contributed by atoms with Crippen LogP contribution in [0.4, 0.5) is 14.5 Å². The van der Waals surface area contributed by atoms with E-state index in [1.165, 1.54) is 18.2 Å². The number of benzene rings is 2. The molecular formula is C13H10ClF2NO4S2. The van der Waals surface area contributed by atoms with Gasteiger partial charge >= 0.3 is 0 Å². The highest BCUT2D eigenvalue weighted by Crippen LogP contribution is 2.26. The summed E-state index contributed by atoms with van der Waals surface area (Å²) in [5.74, 6) is -2.52. The Morgan fingerprint density at radius 1 is 1.17 bits per heavy atom. The minimum Gasteiger partial charge on any atom is -0.306 e. The van der Waals surface area contributed by atoms with Crippen molar-refractivity contribution in [2.75, 3.05) is 4.72 Å². The maximum Gasteiger partial charge on any atom is 0.264 e. The highest BCUT2D eigenvalue weighted by molar-refractivity contribution is 7.92. The number of anilines is 1. The normalized spacial score (nSPS) is 12.9. The zero-order valence-corrected chi connectivity index (χ0v) is 13.7. The molecule has 0 spiro atoms. The molecule has 1 atom stereocenters. The van der Waals surface area contributed by atoms with Crippen LogP contribution in [0.15, 0.2) is 41.3 Å². The summed E-state index contributed by atoms with van der Waals surface area (Å²) in [5.41, 5.74) is 0.130. The first-order valence-corrected chi connectivity index (χ1v) is 9.16. The fourth-order valence-electron chi connectivity index (χ4n) is 1.80. The fraction of sp³-hybridized carbons (Fsp3) is 0.0769. The molecular weight excluding hydrogens is 372 g/mol. The van der Waals surface area contributed by atoms with Crippen molar-refractivity contribution in [3.05, 3.63) is 58.6 Å². The first kappa shape index (κ1) is 17.8. The lowest BCUT2D eigenvalue weighted by Gasteiger charge is -2.13. The molecule has 0 saturated heterocycles. The van der Waals surface area contributed by atoms with Crippen molar-refractivity contribution in [1.82, 2.24) is 0 Å². The Kier molecular flexibility index (Phi) is 5.35. The second-order valence-electron chi connectivity index (χ2n) is 4.45. The molecule has 0 aliphatic rings. The quantitative estimate of drug-likeness (QED) is 0.779. The average Bonchev–Trinajstić information content (AvgIpc) is 2.40. The van der Waals surface area contributed by atoms with Gasteiger partial charge in [0.1, 0.15) is 16.5 Å². The van der Waals surface area contributed by atoms with Crippen molar-refractivity contribution in [3.8, 4) is 0 Å². The van der Waals surface area contributed by atoms with Gasteiger partial charge in [-0.25, -0.2) is 21.4 Å². The first-order chi connectivity index (χ1) is 10.7. The van der Waals surface area contributed by atoms with Crippen molar-refractivity contribution in [1.29, 1.82) is 0 Å².